The number of rotatable bonds is 5. The molecule has 0 spiro atoms. The van der Waals surface area contributed by atoms with Crippen molar-refractivity contribution in [3.63, 3.8) is 0 Å². The Morgan fingerprint density at radius 1 is 0.970 bits per heavy atom. The molecular formula is C26H29N5O2. The third kappa shape index (κ3) is 4.67. The number of nitrogens with one attached hydrogen (secondary N) is 1. The molecule has 170 valence electrons. The van der Waals surface area contributed by atoms with Crippen LogP contribution in [0.4, 0.5) is 0 Å². The highest BCUT2D eigenvalue weighted by Gasteiger charge is 2.30. The number of aromatic amines is 1. The molecule has 33 heavy (non-hydrogen) atoms. The first-order valence-electron chi connectivity index (χ1n) is 11.7. The van der Waals surface area contributed by atoms with Crippen LogP contribution >= 0.6 is 0 Å². The van der Waals surface area contributed by atoms with Crippen LogP contribution in [0.15, 0.2) is 55.0 Å². The quantitative estimate of drug-likeness (QED) is 0.656. The second-order valence-corrected chi connectivity index (χ2v) is 8.96. The maximum Gasteiger partial charge on any atom is 0.257 e. The number of hydrogen-bond acceptors (Lipinski definition) is 4. The molecule has 2 amide bonds. The molecule has 0 radical (unpaired) electrons. The van der Waals surface area contributed by atoms with E-state index in [4.69, 9.17) is 0 Å². The number of hydrogen-bond donors (Lipinski definition) is 1. The summed E-state index contributed by atoms with van der Waals surface area (Å²) in [5.41, 5.74) is 5.23. The molecule has 1 N–H and O–H groups in total. The molecule has 2 aromatic heterocycles. The van der Waals surface area contributed by atoms with Crippen molar-refractivity contribution in [2.75, 3.05) is 19.6 Å². The van der Waals surface area contributed by atoms with Gasteiger partial charge in [-0.1, -0.05) is 30.3 Å². The van der Waals surface area contributed by atoms with E-state index in [-0.39, 0.29) is 17.7 Å². The highest BCUT2D eigenvalue weighted by Crippen LogP contribution is 2.30. The van der Waals surface area contributed by atoms with Crippen molar-refractivity contribution < 1.29 is 9.59 Å². The first kappa shape index (κ1) is 21.4. The monoisotopic (exact) mass is 443 g/mol. The number of pyridine rings is 1. The van der Waals surface area contributed by atoms with Crippen molar-refractivity contribution in [3.8, 4) is 0 Å². The second kappa shape index (κ2) is 9.57. The van der Waals surface area contributed by atoms with E-state index in [0.717, 1.165) is 37.1 Å². The third-order valence-electron chi connectivity index (χ3n) is 6.92. The number of benzene rings is 1. The number of H-pyrrole nitrogens is 1. The van der Waals surface area contributed by atoms with Gasteiger partial charge in [0.25, 0.3) is 5.91 Å². The SMILES string of the molecule is O=C(CCc1cccnc1)N1CCC(c2[nH]ncc2C(=O)N2CCc3ccccc3C2)CC1. The van der Waals surface area contributed by atoms with Gasteiger partial charge in [-0.05, 0) is 48.4 Å². The van der Waals surface area contributed by atoms with Gasteiger partial charge >= 0.3 is 0 Å². The normalized spacial score (nSPS) is 16.5. The highest BCUT2D eigenvalue weighted by molar-refractivity contribution is 5.95. The van der Waals surface area contributed by atoms with Crippen LogP contribution in [0, 0.1) is 0 Å². The maximum atomic E-state index is 13.3. The number of amides is 2. The van der Waals surface area contributed by atoms with Crippen LogP contribution in [0.5, 0.6) is 0 Å². The van der Waals surface area contributed by atoms with E-state index in [1.165, 1.54) is 11.1 Å². The van der Waals surface area contributed by atoms with Crippen molar-refractivity contribution >= 4 is 11.8 Å². The van der Waals surface area contributed by atoms with Crippen LogP contribution in [0.3, 0.4) is 0 Å². The smallest absolute Gasteiger partial charge is 0.257 e. The molecule has 4 heterocycles. The molecule has 1 saturated heterocycles. The van der Waals surface area contributed by atoms with Crippen molar-refractivity contribution in [2.45, 2.75) is 44.6 Å². The Labute approximate surface area is 193 Å². The summed E-state index contributed by atoms with van der Waals surface area (Å²) in [6, 6.07) is 12.2. The highest BCUT2D eigenvalue weighted by atomic mass is 16.2. The molecule has 2 aliphatic rings. The van der Waals surface area contributed by atoms with Gasteiger partial charge in [0, 0.05) is 50.9 Å². The van der Waals surface area contributed by atoms with Gasteiger partial charge in [0.05, 0.1) is 17.5 Å². The first-order valence-corrected chi connectivity index (χ1v) is 11.7. The maximum absolute atomic E-state index is 13.3. The fourth-order valence-corrected chi connectivity index (χ4v) is 4.99. The van der Waals surface area contributed by atoms with E-state index < -0.39 is 0 Å². The Morgan fingerprint density at radius 2 is 1.79 bits per heavy atom. The largest absolute Gasteiger partial charge is 0.343 e. The number of nitrogens with zero attached hydrogens (tertiary/aromatic N) is 4. The lowest BCUT2D eigenvalue weighted by Crippen LogP contribution is -2.39. The number of carbonyl (C=O) groups is 2. The van der Waals surface area contributed by atoms with Gasteiger partial charge in [0.1, 0.15) is 0 Å². The van der Waals surface area contributed by atoms with Crippen molar-refractivity contribution in [3.05, 3.63) is 82.9 Å². The van der Waals surface area contributed by atoms with E-state index >= 15 is 0 Å². The van der Waals surface area contributed by atoms with Gasteiger partial charge in [-0.15, -0.1) is 0 Å². The predicted octanol–water partition coefficient (Wildman–Crippen LogP) is 3.34. The van der Waals surface area contributed by atoms with Crippen molar-refractivity contribution in [2.24, 2.45) is 0 Å². The molecule has 0 aliphatic carbocycles. The van der Waals surface area contributed by atoms with Crippen LogP contribution in [-0.2, 0) is 24.2 Å². The van der Waals surface area contributed by atoms with Gasteiger partial charge in [-0.2, -0.15) is 5.10 Å². The van der Waals surface area contributed by atoms with Gasteiger partial charge in [0.15, 0.2) is 0 Å². The number of fused-ring (bicyclic) bond motifs is 1. The lowest BCUT2D eigenvalue weighted by Gasteiger charge is -2.33. The number of carbonyl (C=O) groups excluding carboxylic acids is 2. The molecule has 0 unspecified atom stereocenters. The summed E-state index contributed by atoms with van der Waals surface area (Å²) < 4.78 is 0. The number of piperidine rings is 1. The Bertz CT molecular complexity index is 1120. The molecule has 5 rings (SSSR count). The molecule has 1 aromatic carbocycles. The Kier molecular flexibility index (Phi) is 6.19. The fourth-order valence-electron chi connectivity index (χ4n) is 4.99. The van der Waals surface area contributed by atoms with Crippen LogP contribution < -0.4 is 0 Å². The van der Waals surface area contributed by atoms with E-state index in [9.17, 15) is 9.59 Å². The molecular weight excluding hydrogens is 414 g/mol. The molecule has 3 aromatic rings. The number of likely N-dealkylation sites (tertiary alicyclic amines) is 1. The van der Waals surface area contributed by atoms with Gasteiger partial charge in [0.2, 0.25) is 5.91 Å². The van der Waals surface area contributed by atoms with Gasteiger partial charge in [-0.25, -0.2) is 0 Å². The minimum Gasteiger partial charge on any atom is -0.343 e. The molecule has 0 atom stereocenters. The van der Waals surface area contributed by atoms with Crippen LogP contribution in [0.1, 0.15) is 57.9 Å². The fraction of sp³-hybridized carbons (Fsp3) is 0.385. The number of aryl methyl sites for hydroxylation is 1. The average molecular weight is 444 g/mol. The minimum absolute atomic E-state index is 0.0447. The summed E-state index contributed by atoms with van der Waals surface area (Å²) in [7, 11) is 0. The van der Waals surface area contributed by atoms with E-state index in [1.54, 1.807) is 12.4 Å². The third-order valence-corrected chi connectivity index (χ3v) is 6.92. The molecule has 7 heteroatoms. The summed E-state index contributed by atoms with van der Waals surface area (Å²) in [4.78, 5) is 34.0. The first-order chi connectivity index (χ1) is 16.2. The zero-order valence-electron chi connectivity index (χ0n) is 18.7. The zero-order chi connectivity index (χ0) is 22.6. The summed E-state index contributed by atoms with van der Waals surface area (Å²) in [5, 5.41) is 7.31. The number of aromatic nitrogens is 3. The average Bonchev–Trinajstić information content (AvgIpc) is 3.37. The molecule has 1 fully saturated rings. The molecule has 0 saturated carbocycles. The summed E-state index contributed by atoms with van der Waals surface area (Å²) in [6.07, 6.45) is 9.00. The second-order valence-electron chi connectivity index (χ2n) is 8.96. The Morgan fingerprint density at radius 3 is 2.58 bits per heavy atom. The van der Waals surface area contributed by atoms with E-state index in [0.29, 0.717) is 38.0 Å². The zero-order valence-corrected chi connectivity index (χ0v) is 18.7. The summed E-state index contributed by atoms with van der Waals surface area (Å²) in [5.74, 6) is 0.444. The Balaban J connectivity index is 1.18. The van der Waals surface area contributed by atoms with E-state index in [2.05, 4.69) is 33.4 Å². The summed E-state index contributed by atoms with van der Waals surface area (Å²) >= 11 is 0. The van der Waals surface area contributed by atoms with Crippen LogP contribution in [-0.4, -0.2) is 56.4 Å². The van der Waals surface area contributed by atoms with Crippen molar-refractivity contribution in [1.82, 2.24) is 25.0 Å². The summed E-state index contributed by atoms with van der Waals surface area (Å²) in [6.45, 7) is 2.79. The predicted molar refractivity (Wildman–Crippen MR) is 125 cm³/mol. The molecule has 2 aliphatic heterocycles. The standard InChI is InChI=1S/C26H29N5O2/c32-24(8-7-19-4-3-12-27-16-19)30-13-10-21(11-14-30)25-23(17-28-29-25)26(33)31-15-9-20-5-1-2-6-22(20)18-31/h1-6,12,16-17,21H,7-11,13-15,18H2,(H,28,29). The lowest BCUT2D eigenvalue weighted by atomic mass is 9.90. The topological polar surface area (TPSA) is 82.2 Å². The van der Waals surface area contributed by atoms with Gasteiger partial charge < -0.3 is 9.80 Å². The lowest BCUT2D eigenvalue weighted by molar-refractivity contribution is -0.132. The van der Waals surface area contributed by atoms with Crippen molar-refractivity contribution in [1.29, 1.82) is 0 Å². The van der Waals surface area contributed by atoms with Crippen LogP contribution in [0.25, 0.3) is 0 Å². The van der Waals surface area contributed by atoms with Crippen LogP contribution in [0.2, 0.25) is 0 Å². The van der Waals surface area contributed by atoms with Gasteiger partial charge in [-0.3, -0.25) is 19.7 Å². The molecule has 7 nitrogen and oxygen atoms in total. The Hall–Kier alpha value is -3.48. The van der Waals surface area contributed by atoms with E-state index in [1.807, 2.05) is 34.2 Å². The molecule has 0 bridgehead atoms. The minimum atomic E-state index is 0.0447.